The van der Waals surface area contributed by atoms with Gasteiger partial charge in [0.15, 0.2) is 0 Å². The molecule has 6 heteroatoms. The molecule has 4 rings (SSSR count). The molecule has 0 N–H and O–H groups in total. The molecule has 2 heterocycles. The van der Waals surface area contributed by atoms with Crippen LogP contribution in [0.15, 0.2) is 47.4 Å². The Balaban J connectivity index is 1.72. The maximum absolute atomic E-state index is 12.9. The predicted molar refractivity (Wildman–Crippen MR) is 122 cm³/mol. The van der Waals surface area contributed by atoms with Crippen molar-refractivity contribution in [1.29, 1.82) is 0 Å². The zero-order valence-electron chi connectivity index (χ0n) is 16.9. The molecule has 0 radical (unpaired) electrons. The van der Waals surface area contributed by atoms with E-state index in [9.17, 15) is 9.59 Å². The van der Waals surface area contributed by atoms with E-state index in [1.54, 1.807) is 18.2 Å². The minimum atomic E-state index is -0.314. The molecule has 0 aliphatic carbocycles. The number of amides is 2. The van der Waals surface area contributed by atoms with Gasteiger partial charge in [0.2, 0.25) is 0 Å². The van der Waals surface area contributed by atoms with Crippen LogP contribution in [0.2, 0.25) is 5.02 Å². The third kappa shape index (κ3) is 3.47. The molecular formula is C23H23ClN2O2S. The van der Waals surface area contributed by atoms with Gasteiger partial charge in [-0.05, 0) is 79.4 Å². The molecule has 2 aromatic carbocycles. The van der Waals surface area contributed by atoms with Gasteiger partial charge in [-0.1, -0.05) is 36.7 Å². The highest BCUT2D eigenvalue weighted by Crippen LogP contribution is 2.45. The fourth-order valence-corrected chi connectivity index (χ4v) is 5.17. The van der Waals surface area contributed by atoms with Gasteiger partial charge in [-0.25, -0.2) is 4.90 Å². The number of hydrogen-bond donors (Lipinski definition) is 0. The molecule has 0 aromatic heterocycles. The van der Waals surface area contributed by atoms with E-state index < -0.39 is 0 Å². The van der Waals surface area contributed by atoms with Crippen LogP contribution in [0.3, 0.4) is 0 Å². The summed E-state index contributed by atoms with van der Waals surface area (Å²) in [6.45, 7) is 6.68. The van der Waals surface area contributed by atoms with Gasteiger partial charge in [-0.2, -0.15) is 0 Å². The molecule has 2 aliphatic heterocycles. The van der Waals surface area contributed by atoms with E-state index >= 15 is 0 Å². The summed E-state index contributed by atoms with van der Waals surface area (Å²) in [5, 5.41) is 0.281. The summed E-state index contributed by atoms with van der Waals surface area (Å²) < 4.78 is 0. The normalized spacial score (nSPS) is 22.4. The lowest BCUT2D eigenvalue weighted by Crippen LogP contribution is -2.45. The number of carbonyl (C=O) groups is 2. The number of carbonyl (C=O) groups excluding carboxylic acids is 2. The van der Waals surface area contributed by atoms with Gasteiger partial charge >= 0.3 is 0 Å². The first kappa shape index (κ1) is 20.0. The van der Waals surface area contributed by atoms with Crippen molar-refractivity contribution >= 4 is 52.0 Å². The minimum Gasteiger partial charge on any atom is -0.369 e. The Kier molecular flexibility index (Phi) is 4.99. The number of fused-ring (bicyclic) bond motifs is 1. The second-order valence-corrected chi connectivity index (χ2v) is 9.66. The number of imide groups is 1. The van der Waals surface area contributed by atoms with Crippen molar-refractivity contribution in [3.8, 4) is 0 Å². The van der Waals surface area contributed by atoms with Crippen LogP contribution in [-0.4, -0.2) is 23.7 Å². The van der Waals surface area contributed by atoms with Gasteiger partial charge in [-0.15, -0.1) is 0 Å². The number of hydrogen-bond acceptors (Lipinski definition) is 4. The Labute approximate surface area is 180 Å². The van der Waals surface area contributed by atoms with Gasteiger partial charge in [-0.3, -0.25) is 9.59 Å². The van der Waals surface area contributed by atoms with E-state index in [0.717, 1.165) is 29.4 Å². The summed E-state index contributed by atoms with van der Waals surface area (Å²) in [6.07, 6.45) is 2.77. The first-order valence-electron chi connectivity index (χ1n) is 9.59. The standard InChI is InChI=1S/C23H23ClN2O2S/c1-14-13-23(2,3)25(4)19-12-18(24)15(10-17(14)19)11-20-21(27)26(22(28)29-20)16-8-6-5-7-9-16/h5-12,14H,13H2,1-4H3/b20-11-/t14-/m1/s1. The average Bonchev–Trinajstić information content (AvgIpc) is 2.95. The van der Waals surface area contributed by atoms with Crippen LogP contribution in [-0.2, 0) is 4.79 Å². The first-order valence-corrected chi connectivity index (χ1v) is 10.8. The van der Waals surface area contributed by atoms with Crippen molar-refractivity contribution in [2.45, 2.75) is 38.6 Å². The molecule has 150 valence electrons. The molecule has 1 saturated heterocycles. The van der Waals surface area contributed by atoms with Crippen LogP contribution in [0.25, 0.3) is 6.08 Å². The summed E-state index contributed by atoms with van der Waals surface area (Å²) in [7, 11) is 2.09. The quantitative estimate of drug-likeness (QED) is 0.528. The van der Waals surface area contributed by atoms with Gasteiger partial charge in [0.1, 0.15) is 0 Å². The number of thioether (sulfide) groups is 1. The summed E-state index contributed by atoms with van der Waals surface area (Å²) in [6, 6.07) is 13.0. The fourth-order valence-electron chi connectivity index (χ4n) is 4.12. The smallest absolute Gasteiger partial charge is 0.298 e. The van der Waals surface area contributed by atoms with Gasteiger partial charge in [0, 0.05) is 23.3 Å². The van der Waals surface area contributed by atoms with Crippen molar-refractivity contribution in [3.63, 3.8) is 0 Å². The van der Waals surface area contributed by atoms with Crippen LogP contribution in [0.1, 0.15) is 44.2 Å². The summed E-state index contributed by atoms with van der Waals surface area (Å²) in [5.41, 5.74) is 3.73. The molecule has 29 heavy (non-hydrogen) atoms. The van der Waals surface area contributed by atoms with E-state index in [2.05, 4.69) is 38.8 Å². The SMILES string of the molecule is C[C@@H]1CC(C)(C)N(C)c2cc(Cl)c(/C=C3\SC(=O)N(c4ccccc4)C3=O)cc21. The molecule has 2 amide bonds. The van der Waals surface area contributed by atoms with E-state index in [1.807, 2.05) is 24.3 Å². The molecule has 2 aromatic rings. The number of nitrogens with zero attached hydrogens (tertiary/aromatic N) is 2. The van der Waals surface area contributed by atoms with Crippen molar-refractivity contribution in [3.05, 3.63) is 63.5 Å². The van der Waals surface area contributed by atoms with Crippen molar-refractivity contribution in [2.75, 3.05) is 16.8 Å². The van der Waals surface area contributed by atoms with Crippen LogP contribution in [0.5, 0.6) is 0 Å². The van der Waals surface area contributed by atoms with Gasteiger partial charge < -0.3 is 4.90 Å². The summed E-state index contributed by atoms with van der Waals surface area (Å²) >= 11 is 7.54. The maximum Gasteiger partial charge on any atom is 0.298 e. The lowest BCUT2D eigenvalue weighted by Gasteiger charge is -2.45. The minimum absolute atomic E-state index is 0.0512. The highest BCUT2D eigenvalue weighted by atomic mass is 35.5. The van der Waals surface area contributed by atoms with Crippen LogP contribution in [0, 0.1) is 0 Å². The average molecular weight is 427 g/mol. The highest BCUT2D eigenvalue weighted by molar-refractivity contribution is 8.19. The molecule has 0 unspecified atom stereocenters. The predicted octanol–water partition coefficient (Wildman–Crippen LogP) is 6.30. The maximum atomic E-state index is 12.9. The molecule has 1 atom stereocenters. The molecule has 1 fully saturated rings. The van der Waals surface area contributed by atoms with Gasteiger partial charge in [0.25, 0.3) is 11.1 Å². The second kappa shape index (κ2) is 7.22. The van der Waals surface area contributed by atoms with Gasteiger partial charge in [0.05, 0.1) is 10.6 Å². The summed E-state index contributed by atoms with van der Waals surface area (Å²) in [4.78, 5) is 29.2. The number of halogens is 1. The van der Waals surface area contributed by atoms with Crippen LogP contribution >= 0.6 is 23.4 Å². The lowest BCUT2D eigenvalue weighted by molar-refractivity contribution is -0.113. The van der Waals surface area contributed by atoms with E-state index in [-0.39, 0.29) is 16.7 Å². The highest BCUT2D eigenvalue weighted by Gasteiger charge is 2.37. The Morgan fingerprint density at radius 2 is 1.86 bits per heavy atom. The third-order valence-corrected chi connectivity index (χ3v) is 7.04. The molecule has 2 aliphatic rings. The van der Waals surface area contributed by atoms with Crippen LogP contribution in [0.4, 0.5) is 16.2 Å². The number of anilines is 2. The molecule has 4 nitrogen and oxygen atoms in total. The molecule has 0 saturated carbocycles. The Morgan fingerprint density at radius 3 is 2.55 bits per heavy atom. The number of benzene rings is 2. The number of para-hydroxylation sites is 1. The van der Waals surface area contributed by atoms with Crippen molar-refractivity contribution < 1.29 is 9.59 Å². The van der Waals surface area contributed by atoms with Crippen molar-refractivity contribution in [2.24, 2.45) is 0 Å². The molecular weight excluding hydrogens is 404 g/mol. The van der Waals surface area contributed by atoms with Crippen molar-refractivity contribution in [1.82, 2.24) is 0 Å². The lowest BCUT2D eigenvalue weighted by atomic mass is 9.80. The second-order valence-electron chi connectivity index (χ2n) is 8.26. The Hall–Kier alpha value is -2.24. The van der Waals surface area contributed by atoms with E-state index in [0.29, 0.717) is 21.5 Å². The van der Waals surface area contributed by atoms with E-state index in [4.69, 9.17) is 11.6 Å². The topological polar surface area (TPSA) is 40.6 Å². The third-order valence-electron chi connectivity index (χ3n) is 5.85. The first-order chi connectivity index (χ1) is 13.7. The van der Waals surface area contributed by atoms with E-state index in [1.165, 1.54) is 10.5 Å². The van der Waals surface area contributed by atoms with Crippen LogP contribution < -0.4 is 9.80 Å². The summed E-state index contributed by atoms with van der Waals surface area (Å²) in [5.74, 6) is 0.0614. The molecule has 0 spiro atoms. The molecule has 0 bridgehead atoms. The zero-order valence-corrected chi connectivity index (χ0v) is 18.5. The monoisotopic (exact) mass is 426 g/mol. The number of rotatable bonds is 2. The largest absolute Gasteiger partial charge is 0.369 e. The zero-order chi connectivity index (χ0) is 20.9. The Bertz CT molecular complexity index is 1030. The fraction of sp³-hybridized carbons (Fsp3) is 0.304. The Morgan fingerprint density at radius 1 is 1.17 bits per heavy atom.